The van der Waals surface area contributed by atoms with Crippen LogP contribution in [0, 0.1) is 20.8 Å². The Morgan fingerprint density at radius 3 is 2.40 bits per heavy atom. The van der Waals surface area contributed by atoms with E-state index in [2.05, 4.69) is 0 Å². The summed E-state index contributed by atoms with van der Waals surface area (Å²) in [6.07, 6.45) is 0. The Labute approximate surface area is 123 Å². The summed E-state index contributed by atoms with van der Waals surface area (Å²) in [5.41, 5.74) is 5.15. The maximum absolute atomic E-state index is 11.9. The second-order valence-electron chi connectivity index (χ2n) is 4.70. The zero-order valence-electron chi connectivity index (χ0n) is 12.4. The van der Waals surface area contributed by atoms with E-state index >= 15 is 0 Å². The predicted octanol–water partition coefficient (Wildman–Crippen LogP) is 4.14. The molecule has 0 aliphatic carbocycles. The second kappa shape index (κ2) is 5.67. The third kappa shape index (κ3) is 2.31. The van der Waals surface area contributed by atoms with Crippen molar-refractivity contribution in [2.75, 3.05) is 14.2 Å². The molecule has 0 atom stereocenters. The lowest BCUT2D eigenvalue weighted by molar-refractivity contribution is 0.0607. The number of benzene rings is 1. The van der Waals surface area contributed by atoms with Crippen LogP contribution in [-0.4, -0.2) is 20.2 Å². The van der Waals surface area contributed by atoms with Crippen LogP contribution in [0.4, 0.5) is 0 Å². The number of ether oxygens (including phenoxy) is 2. The molecule has 0 saturated carbocycles. The van der Waals surface area contributed by atoms with E-state index in [4.69, 9.17) is 9.47 Å². The summed E-state index contributed by atoms with van der Waals surface area (Å²) < 4.78 is 10.4. The van der Waals surface area contributed by atoms with Gasteiger partial charge in [-0.3, -0.25) is 0 Å². The number of hydrogen-bond donors (Lipinski definition) is 0. The zero-order chi connectivity index (χ0) is 14.9. The summed E-state index contributed by atoms with van der Waals surface area (Å²) in [5.74, 6) is 0.509. The summed E-state index contributed by atoms with van der Waals surface area (Å²) in [6, 6.07) is 4.05. The lowest BCUT2D eigenvalue weighted by Gasteiger charge is -2.14. The average molecular weight is 290 g/mol. The van der Waals surface area contributed by atoms with Gasteiger partial charge in [0.25, 0.3) is 0 Å². The molecule has 0 aliphatic rings. The fraction of sp³-hybridized carbons (Fsp3) is 0.312. The van der Waals surface area contributed by atoms with Gasteiger partial charge < -0.3 is 9.47 Å². The first kappa shape index (κ1) is 14.6. The van der Waals surface area contributed by atoms with Gasteiger partial charge in [-0.25, -0.2) is 4.79 Å². The molecule has 0 unspecified atom stereocenters. The van der Waals surface area contributed by atoms with Crippen LogP contribution in [0.5, 0.6) is 5.75 Å². The van der Waals surface area contributed by atoms with Crippen LogP contribution < -0.4 is 4.74 Å². The van der Waals surface area contributed by atoms with Gasteiger partial charge in [0, 0.05) is 11.1 Å². The van der Waals surface area contributed by atoms with E-state index in [9.17, 15) is 4.79 Å². The van der Waals surface area contributed by atoms with Gasteiger partial charge in [0.1, 0.15) is 10.6 Å². The third-order valence-electron chi connectivity index (χ3n) is 3.50. The Balaban J connectivity index is 2.72. The van der Waals surface area contributed by atoms with Gasteiger partial charge in [-0.1, -0.05) is 12.1 Å². The molecule has 0 bridgehead atoms. The first-order chi connectivity index (χ1) is 9.51. The van der Waals surface area contributed by atoms with Gasteiger partial charge in [-0.2, -0.15) is 0 Å². The van der Waals surface area contributed by atoms with Gasteiger partial charge >= 0.3 is 5.97 Å². The molecule has 0 spiro atoms. The highest BCUT2D eigenvalue weighted by Crippen LogP contribution is 2.40. The van der Waals surface area contributed by atoms with Crippen molar-refractivity contribution in [2.24, 2.45) is 0 Å². The highest BCUT2D eigenvalue weighted by molar-refractivity contribution is 7.12. The molecule has 0 N–H and O–H groups in total. The molecule has 0 amide bonds. The number of esters is 1. The lowest BCUT2D eigenvalue weighted by atomic mass is 9.96. The van der Waals surface area contributed by atoms with Crippen molar-refractivity contribution in [3.05, 3.63) is 39.1 Å². The van der Waals surface area contributed by atoms with E-state index in [-0.39, 0.29) is 5.97 Å². The Bertz CT molecular complexity index is 656. The molecular formula is C16H18O3S. The number of thiophene rings is 1. The largest absolute Gasteiger partial charge is 0.496 e. The molecular weight excluding hydrogens is 272 g/mol. The van der Waals surface area contributed by atoms with Crippen molar-refractivity contribution in [3.63, 3.8) is 0 Å². The van der Waals surface area contributed by atoms with E-state index in [0.717, 1.165) is 33.6 Å². The summed E-state index contributed by atoms with van der Waals surface area (Å²) >= 11 is 1.40. The van der Waals surface area contributed by atoms with Crippen molar-refractivity contribution in [1.29, 1.82) is 0 Å². The second-order valence-corrected chi connectivity index (χ2v) is 5.58. The van der Waals surface area contributed by atoms with Crippen molar-refractivity contribution < 1.29 is 14.3 Å². The van der Waals surface area contributed by atoms with Crippen LogP contribution in [-0.2, 0) is 4.74 Å². The Hall–Kier alpha value is -1.81. The van der Waals surface area contributed by atoms with Crippen LogP contribution in [0.1, 0.15) is 26.4 Å². The van der Waals surface area contributed by atoms with Crippen LogP contribution in [0.15, 0.2) is 17.5 Å². The SMILES string of the molecule is COC(=O)c1scc(C)c1-c1ccc(C)c(C)c1OC. The molecule has 4 heteroatoms. The van der Waals surface area contributed by atoms with E-state index in [0.29, 0.717) is 4.88 Å². The maximum Gasteiger partial charge on any atom is 0.348 e. The molecule has 0 aliphatic heterocycles. The summed E-state index contributed by atoms with van der Waals surface area (Å²) in [7, 11) is 3.06. The van der Waals surface area contributed by atoms with Crippen LogP contribution >= 0.6 is 11.3 Å². The molecule has 2 rings (SSSR count). The van der Waals surface area contributed by atoms with Crippen LogP contribution in [0.3, 0.4) is 0 Å². The normalized spacial score (nSPS) is 10.4. The summed E-state index contributed by atoms with van der Waals surface area (Å²) in [6.45, 7) is 6.06. The minimum Gasteiger partial charge on any atom is -0.496 e. The topological polar surface area (TPSA) is 35.5 Å². The minimum atomic E-state index is -0.307. The first-order valence-electron chi connectivity index (χ1n) is 6.32. The van der Waals surface area contributed by atoms with E-state index < -0.39 is 0 Å². The van der Waals surface area contributed by atoms with Crippen LogP contribution in [0.25, 0.3) is 11.1 Å². The van der Waals surface area contributed by atoms with Crippen molar-refractivity contribution in [2.45, 2.75) is 20.8 Å². The minimum absolute atomic E-state index is 0.307. The fourth-order valence-corrected chi connectivity index (χ4v) is 3.25. The fourth-order valence-electron chi connectivity index (χ4n) is 2.27. The highest BCUT2D eigenvalue weighted by Gasteiger charge is 2.21. The van der Waals surface area contributed by atoms with E-state index in [1.807, 2.05) is 38.3 Å². The van der Waals surface area contributed by atoms with Gasteiger partial charge in [-0.05, 0) is 42.8 Å². The maximum atomic E-state index is 11.9. The molecule has 0 saturated heterocycles. The summed E-state index contributed by atoms with van der Waals surface area (Å²) in [4.78, 5) is 12.5. The Morgan fingerprint density at radius 1 is 1.10 bits per heavy atom. The molecule has 2 aromatic rings. The molecule has 3 nitrogen and oxygen atoms in total. The molecule has 106 valence electrons. The monoisotopic (exact) mass is 290 g/mol. The van der Waals surface area contributed by atoms with Crippen molar-refractivity contribution in [1.82, 2.24) is 0 Å². The molecule has 1 heterocycles. The number of rotatable bonds is 3. The quantitative estimate of drug-likeness (QED) is 0.797. The molecule has 20 heavy (non-hydrogen) atoms. The number of methoxy groups -OCH3 is 2. The van der Waals surface area contributed by atoms with Crippen LogP contribution in [0.2, 0.25) is 0 Å². The smallest absolute Gasteiger partial charge is 0.348 e. The summed E-state index contributed by atoms with van der Waals surface area (Å²) in [5, 5.41) is 1.97. The first-order valence-corrected chi connectivity index (χ1v) is 7.20. The van der Waals surface area contributed by atoms with Crippen molar-refractivity contribution in [3.8, 4) is 16.9 Å². The molecule has 0 fully saturated rings. The van der Waals surface area contributed by atoms with Gasteiger partial charge in [0.05, 0.1) is 14.2 Å². The average Bonchev–Trinajstić information content (AvgIpc) is 2.82. The zero-order valence-corrected chi connectivity index (χ0v) is 13.2. The molecule has 1 aromatic carbocycles. The van der Waals surface area contributed by atoms with E-state index in [1.165, 1.54) is 18.4 Å². The molecule has 1 aromatic heterocycles. The van der Waals surface area contributed by atoms with Gasteiger partial charge in [0.2, 0.25) is 0 Å². The van der Waals surface area contributed by atoms with Gasteiger partial charge in [0.15, 0.2) is 0 Å². The number of carbonyl (C=O) groups excluding carboxylic acids is 1. The number of hydrogen-bond acceptors (Lipinski definition) is 4. The predicted molar refractivity (Wildman–Crippen MR) is 81.9 cm³/mol. The third-order valence-corrected chi connectivity index (χ3v) is 4.57. The molecule has 0 radical (unpaired) electrons. The standard InChI is InChI=1S/C16H18O3S/c1-9-6-7-12(14(18-4)11(9)3)13-10(2)8-20-15(13)16(17)19-5/h6-8H,1-5H3. The number of carbonyl (C=O) groups is 1. The van der Waals surface area contributed by atoms with Crippen molar-refractivity contribution >= 4 is 17.3 Å². The Kier molecular flexibility index (Phi) is 4.14. The van der Waals surface area contributed by atoms with E-state index in [1.54, 1.807) is 7.11 Å². The Morgan fingerprint density at radius 2 is 1.80 bits per heavy atom. The van der Waals surface area contributed by atoms with Gasteiger partial charge in [-0.15, -0.1) is 11.3 Å². The highest BCUT2D eigenvalue weighted by atomic mass is 32.1. The lowest BCUT2D eigenvalue weighted by Crippen LogP contribution is -2.02. The number of aryl methyl sites for hydroxylation is 2.